The molecule has 25 heavy (non-hydrogen) atoms. The molecule has 3 nitrogen and oxygen atoms in total. The van der Waals surface area contributed by atoms with Crippen LogP contribution < -0.4 is 5.73 Å². The molecule has 1 aliphatic rings. The molecule has 2 rings (SSSR count). The van der Waals surface area contributed by atoms with Crippen molar-refractivity contribution in [1.29, 1.82) is 0 Å². The number of alkyl halides is 1. The fourth-order valence-corrected chi connectivity index (χ4v) is 2.68. The normalized spacial score (nSPS) is 15.5. The molecule has 4 heteroatoms. The second kappa shape index (κ2) is 9.19. The third-order valence-electron chi connectivity index (χ3n) is 3.81. The predicted molar refractivity (Wildman–Crippen MR) is 110 cm³/mol. The molecular weight excluding hydrogens is 330 g/mol. The summed E-state index contributed by atoms with van der Waals surface area (Å²) in [5.74, 6) is 1.17. The molecule has 0 aromatic heterocycles. The molecule has 0 radical (unpaired) electrons. The smallest absolute Gasteiger partial charge is 0.0965 e. The van der Waals surface area contributed by atoms with Crippen molar-refractivity contribution in [2.45, 2.75) is 26.7 Å². The maximum absolute atomic E-state index is 5.74. The van der Waals surface area contributed by atoms with Gasteiger partial charge in [0.1, 0.15) is 0 Å². The van der Waals surface area contributed by atoms with Gasteiger partial charge in [0.2, 0.25) is 0 Å². The number of nitrogens with two attached hydrogens (primary N) is 1. The number of rotatable bonds is 7. The highest BCUT2D eigenvalue weighted by atomic mass is 35.5. The Balaban J connectivity index is 2.20. The van der Waals surface area contributed by atoms with Crippen LogP contribution in [0.4, 0.5) is 5.69 Å². The van der Waals surface area contributed by atoms with Crippen LogP contribution in [0.3, 0.4) is 0 Å². The molecule has 1 aromatic rings. The number of halogens is 1. The first-order chi connectivity index (χ1) is 12.0. The van der Waals surface area contributed by atoms with Gasteiger partial charge in [-0.2, -0.15) is 0 Å². The maximum Gasteiger partial charge on any atom is 0.0965 e. The molecule has 0 atom stereocenters. The third-order valence-corrected chi connectivity index (χ3v) is 4.03. The zero-order valence-electron chi connectivity index (χ0n) is 14.8. The molecule has 0 aliphatic carbocycles. The van der Waals surface area contributed by atoms with Crippen molar-refractivity contribution in [1.82, 2.24) is 0 Å². The molecule has 0 unspecified atom stereocenters. The predicted octanol–water partition coefficient (Wildman–Crippen LogP) is 5.38. The number of aryl methyl sites for hydroxylation is 1. The van der Waals surface area contributed by atoms with E-state index < -0.39 is 0 Å². The summed E-state index contributed by atoms with van der Waals surface area (Å²) < 4.78 is 0. The molecular formula is C21H24ClN3. The van der Waals surface area contributed by atoms with Crippen LogP contribution in [0.5, 0.6) is 0 Å². The summed E-state index contributed by atoms with van der Waals surface area (Å²) in [6, 6.07) is 6.18. The Kier molecular flexibility index (Phi) is 6.96. The van der Waals surface area contributed by atoms with E-state index in [0.29, 0.717) is 11.7 Å². The summed E-state index contributed by atoms with van der Waals surface area (Å²) in [5.41, 5.74) is 12.1. The van der Waals surface area contributed by atoms with Crippen molar-refractivity contribution in [3.63, 3.8) is 0 Å². The van der Waals surface area contributed by atoms with Crippen LogP contribution in [0.15, 0.2) is 76.4 Å². The number of benzene rings is 1. The fourth-order valence-electron chi connectivity index (χ4n) is 2.55. The minimum Gasteiger partial charge on any atom is -0.387 e. The van der Waals surface area contributed by atoms with Gasteiger partial charge in [-0.3, -0.25) is 4.99 Å². The molecule has 0 amide bonds. The number of hydrogen-bond acceptors (Lipinski definition) is 2. The van der Waals surface area contributed by atoms with Gasteiger partial charge in [-0.25, -0.2) is 4.99 Å². The van der Waals surface area contributed by atoms with Crippen molar-refractivity contribution >= 4 is 28.8 Å². The summed E-state index contributed by atoms with van der Waals surface area (Å²) in [5, 5.41) is 0. The second-order valence-corrected chi connectivity index (χ2v) is 6.28. The Labute approximate surface area is 155 Å². The van der Waals surface area contributed by atoms with Crippen LogP contribution in [0, 0.1) is 6.92 Å². The Morgan fingerprint density at radius 3 is 2.92 bits per heavy atom. The number of nitrogens with zero attached hydrogens (tertiary/aromatic N) is 2. The SMILES string of the molecule is C=C/C=C(\C=C/CCCl)C1=CN=C(c2ccc(C)c(N=C(C)N)c2)C1. The average Bonchev–Trinajstić information content (AvgIpc) is 3.06. The minimum atomic E-state index is 0.549. The van der Waals surface area contributed by atoms with Crippen LogP contribution in [-0.2, 0) is 0 Å². The van der Waals surface area contributed by atoms with Crippen LogP contribution in [0.25, 0.3) is 0 Å². The lowest BCUT2D eigenvalue weighted by Gasteiger charge is -2.08. The van der Waals surface area contributed by atoms with Crippen molar-refractivity contribution in [3.05, 3.63) is 77.6 Å². The van der Waals surface area contributed by atoms with E-state index >= 15 is 0 Å². The van der Waals surface area contributed by atoms with Gasteiger partial charge in [-0.1, -0.05) is 43.0 Å². The van der Waals surface area contributed by atoms with Crippen LogP contribution in [0.1, 0.15) is 30.9 Å². The van der Waals surface area contributed by atoms with Crippen LogP contribution in [0.2, 0.25) is 0 Å². The molecule has 1 aliphatic heterocycles. The standard InChI is InChI=1S/C21H24ClN3/c1-4-7-17(8-5-6-11-22)19-13-21(24-14-19)18-10-9-15(2)20(12-18)25-16(3)23/h4-5,7-10,12,14H,1,6,11,13H2,2-3H3,(H2,23,25)/b8-5-,17-7+. The number of aliphatic imine (C=N–C) groups is 2. The highest BCUT2D eigenvalue weighted by Crippen LogP contribution is 2.27. The quantitative estimate of drug-likeness (QED) is 0.304. The number of allylic oxidation sites excluding steroid dienone is 6. The van der Waals surface area contributed by atoms with E-state index in [4.69, 9.17) is 17.3 Å². The topological polar surface area (TPSA) is 50.7 Å². The van der Waals surface area contributed by atoms with Crippen LogP contribution >= 0.6 is 11.6 Å². The molecule has 0 fully saturated rings. The molecule has 2 N–H and O–H groups in total. The van der Waals surface area contributed by atoms with Crippen LogP contribution in [-0.4, -0.2) is 17.4 Å². The highest BCUT2D eigenvalue weighted by molar-refractivity contribution is 6.17. The Bertz CT molecular complexity index is 791. The van der Waals surface area contributed by atoms with E-state index in [1.165, 1.54) is 5.57 Å². The van der Waals surface area contributed by atoms with Gasteiger partial charge in [0.15, 0.2) is 0 Å². The van der Waals surface area contributed by atoms with Gasteiger partial charge in [-0.15, -0.1) is 11.6 Å². The minimum absolute atomic E-state index is 0.549. The summed E-state index contributed by atoms with van der Waals surface area (Å²) in [4.78, 5) is 9.01. The Hall–Kier alpha value is -2.39. The highest BCUT2D eigenvalue weighted by Gasteiger charge is 2.15. The largest absolute Gasteiger partial charge is 0.387 e. The lowest BCUT2D eigenvalue weighted by molar-refractivity contribution is 1.22. The summed E-state index contributed by atoms with van der Waals surface area (Å²) in [6.07, 6.45) is 11.5. The van der Waals surface area contributed by atoms with Gasteiger partial charge < -0.3 is 5.73 Å². The lowest BCUT2D eigenvalue weighted by Crippen LogP contribution is -2.04. The number of hydrogen-bond donors (Lipinski definition) is 1. The van der Waals surface area contributed by atoms with Gasteiger partial charge in [-0.05, 0) is 48.6 Å². The number of amidine groups is 1. The molecule has 0 saturated heterocycles. The van der Waals surface area contributed by atoms with E-state index in [0.717, 1.165) is 40.9 Å². The van der Waals surface area contributed by atoms with Gasteiger partial charge in [0.25, 0.3) is 0 Å². The summed E-state index contributed by atoms with van der Waals surface area (Å²) in [7, 11) is 0. The van der Waals surface area contributed by atoms with E-state index in [9.17, 15) is 0 Å². The van der Waals surface area contributed by atoms with Gasteiger partial charge in [0.05, 0.1) is 17.2 Å². The molecule has 0 spiro atoms. The van der Waals surface area contributed by atoms with E-state index in [-0.39, 0.29) is 0 Å². The zero-order chi connectivity index (χ0) is 18.2. The zero-order valence-corrected chi connectivity index (χ0v) is 15.6. The fraction of sp³-hybridized carbons (Fsp3) is 0.238. The summed E-state index contributed by atoms with van der Waals surface area (Å²) >= 11 is 5.74. The van der Waals surface area contributed by atoms with Crippen molar-refractivity contribution in [3.8, 4) is 0 Å². The van der Waals surface area contributed by atoms with E-state index in [1.807, 2.05) is 25.3 Å². The third kappa shape index (κ3) is 5.30. The first-order valence-electron chi connectivity index (χ1n) is 8.28. The second-order valence-electron chi connectivity index (χ2n) is 5.90. The Morgan fingerprint density at radius 1 is 1.44 bits per heavy atom. The Morgan fingerprint density at radius 2 is 2.24 bits per heavy atom. The summed E-state index contributed by atoms with van der Waals surface area (Å²) in [6.45, 7) is 7.61. The van der Waals surface area contributed by atoms with Crippen molar-refractivity contribution < 1.29 is 0 Å². The van der Waals surface area contributed by atoms with E-state index in [1.54, 1.807) is 13.0 Å². The molecule has 0 saturated carbocycles. The maximum atomic E-state index is 5.74. The molecule has 130 valence electrons. The molecule has 1 heterocycles. The monoisotopic (exact) mass is 353 g/mol. The van der Waals surface area contributed by atoms with Crippen molar-refractivity contribution in [2.75, 3.05) is 5.88 Å². The van der Waals surface area contributed by atoms with E-state index in [2.05, 4.69) is 40.8 Å². The average molecular weight is 354 g/mol. The molecule has 1 aromatic carbocycles. The first kappa shape index (κ1) is 18.9. The lowest BCUT2D eigenvalue weighted by atomic mass is 9.97. The molecule has 0 bridgehead atoms. The van der Waals surface area contributed by atoms with Gasteiger partial charge >= 0.3 is 0 Å². The van der Waals surface area contributed by atoms with Gasteiger partial charge in [0, 0.05) is 18.5 Å². The first-order valence-corrected chi connectivity index (χ1v) is 8.81. The van der Waals surface area contributed by atoms with Crippen molar-refractivity contribution in [2.24, 2.45) is 15.7 Å².